The molecule has 0 bridgehead atoms. The van der Waals surface area contributed by atoms with Crippen molar-refractivity contribution >= 4 is 22.1 Å². The van der Waals surface area contributed by atoms with Crippen molar-refractivity contribution in [3.8, 4) is 22.5 Å². The van der Waals surface area contributed by atoms with Crippen LogP contribution in [0, 0.1) is 11.8 Å². The van der Waals surface area contributed by atoms with Gasteiger partial charge < -0.3 is 20.6 Å². The van der Waals surface area contributed by atoms with Crippen LogP contribution in [0.25, 0.3) is 44.6 Å². The molecule has 0 radical (unpaired) electrons. The van der Waals surface area contributed by atoms with E-state index in [-0.39, 0.29) is 6.04 Å². The van der Waals surface area contributed by atoms with E-state index in [0.29, 0.717) is 18.0 Å². The van der Waals surface area contributed by atoms with Gasteiger partial charge in [-0.1, -0.05) is 19.1 Å². The molecule has 0 amide bonds. The first-order valence-corrected chi connectivity index (χ1v) is 13.0. The molecule has 36 heavy (non-hydrogen) atoms. The number of rotatable bonds is 4. The van der Waals surface area contributed by atoms with Crippen molar-refractivity contribution in [3.63, 3.8) is 0 Å². The molecular weight excluding hydrogens is 448 g/mol. The highest BCUT2D eigenvalue weighted by molar-refractivity contribution is 5.86. The van der Waals surface area contributed by atoms with Gasteiger partial charge in [-0.3, -0.25) is 4.98 Å². The first kappa shape index (κ1) is 20.6. The van der Waals surface area contributed by atoms with Crippen LogP contribution >= 0.6 is 0 Å². The fourth-order valence-corrected chi connectivity index (χ4v) is 5.99. The standard InChI is InChI=1S/C28H28N8/c1-14-6-23(29-11-14)27-31-13-26(36-27)25-12-30-21-7-15(2-4-18(21)32-25)16-3-5-19-22(8-16)35-28(34-19)24-10-17-9-20(17)33-24/h2-5,7-8,12-14,17,20,23-24,29,33H,6,9-11H2,1H3,(H,31,36)(H,34,35)/t14-,17-,20?,23+,24+/m1/s1. The Morgan fingerprint density at radius 1 is 0.778 bits per heavy atom. The largest absolute Gasteiger partial charge is 0.341 e. The third-order valence-electron chi connectivity index (χ3n) is 8.13. The quantitative estimate of drug-likeness (QED) is 0.301. The van der Waals surface area contributed by atoms with Gasteiger partial charge in [-0.15, -0.1) is 0 Å². The van der Waals surface area contributed by atoms with Crippen LogP contribution < -0.4 is 10.6 Å². The summed E-state index contributed by atoms with van der Waals surface area (Å²) in [5.74, 6) is 3.56. The molecule has 1 aliphatic carbocycles. The molecule has 2 aliphatic heterocycles. The van der Waals surface area contributed by atoms with E-state index >= 15 is 0 Å². The molecule has 5 aromatic rings. The van der Waals surface area contributed by atoms with Crippen LogP contribution in [0.1, 0.15) is 49.9 Å². The molecule has 3 aromatic heterocycles. The monoisotopic (exact) mass is 476 g/mol. The summed E-state index contributed by atoms with van der Waals surface area (Å²) in [7, 11) is 0. The van der Waals surface area contributed by atoms with Crippen molar-refractivity contribution in [2.75, 3.05) is 6.54 Å². The molecule has 180 valence electrons. The summed E-state index contributed by atoms with van der Waals surface area (Å²) in [6.07, 6.45) is 7.32. The molecular formula is C28H28N8. The lowest BCUT2D eigenvalue weighted by Crippen LogP contribution is -2.18. The minimum atomic E-state index is 0.285. The SMILES string of the molecule is C[C@H]1CN[C@H](c2ncc(-c3cnc4cc(-c5ccc6nc([C@@H]7C[C@H]8CC8N7)[nH]c6c5)ccc4n3)[nH]2)C1. The van der Waals surface area contributed by atoms with Crippen LogP contribution in [-0.4, -0.2) is 42.5 Å². The molecule has 3 aliphatic rings. The van der Waals surface area contributed by atoms with Crippen molar-refractivity contribution in [3.05, 3.63) is 60.4 Å². The number of imidazole rings is 2. The molecule has 2 aromatic carbocycles. The van der Waals surface area contributed by atoms with Crippen LogP contribution in [0.5, 0.6) is 0 Å². The van der Waals surface area contributed by atoms with Gasteiger partial charge >= 0.3 is 0 Å². The Bertz CT molecular complexity index is 1610. The normalized spacial score (nSPS) is 27.2. The zero-order chi connectivity index (χ0) is 23.8. The topological polar surface area (TPSA) is 107 Å². The predicted molar refractivity (Wildman–Crippen MR) is 139 cm³/mol. The van der Waals surface area contributed by atoms with Gasteiger partial charge in [0, 0.05) is 6.04 Å². The van der Waals surface area contributed by atoms with E-state index in [1.165, 1.54) is 12.8 Å². The highest BCUT2D eigenvalue weighted by Crippen LogP contribution is 2.45. The van der Waals surface area contributed by atoms with Gasteiger partial charge in [0.05, 0.1) is 52.2 Å². The second-order valence-corrected chi connectivity index (χ2v) is 10.9. The molecule has 5 heterocycles. The number of nitrogens with zero attached hydrogens (tertiary/aromatic N) is 4. The molecule has 3 fully saturated rings. The summed E-state index contributed by atoms with van der Waals surface area (Å²) in [6.45, 7) is 3.30. The highest BCUT2D eigenvalue weighted by Gasteiger charge is 2.46. The average molecular weight is 477 g/mol. The summed E-state index contributed by atoms with van der Waals surface area (Å²) in [6, 6.07) is 14.1. The second kappa shape index (κ2) is 7.69. The molecule has 8 nitrogen and oxygen atoms in total. The number of fused-ring (bicyclic) bond motifs is 3. The fourth-order valence-electron chi connectivity index (χ4n) is 5.99. The van der Waals surface area contributed by atoms with E-state index < -0.39 is 0 Å². The zero-order valence-corrected chi connectivity index (χ0v) is 20.1. The van der Waals surface area contributed by atoms with Crippen molar-refractivity contribution in [2.45, 2.75) is 44.3 Å². The molecule has 5 atom stereocenters. The summed E-state index contributed by atoms with van der Waals surface area (Å²) < 4.78 is 0. The third kappa shape index (κ3) is 3.43. The van der Waals surface area contributed by atoms with Gasteiger partial charge in [0.25, 0.3) is 0 Å². The smallest absolute Gasteiger partial charge is 0.124 e. The number of hydrogen-bond acceptors (Lipinski definition) is 6. The molecule has 4 N–H and O–H groups in total. The summed E-state index contributed by atoms with van der Waals surface area (Å²) in [4.78, 5) is 26.1. The Balaban J connectivity index is 1.07. The van der Waals surface area contributed by atoms with E-state index in [1.807, 2.05) is 12.4 Å². The van der Waals surface area contributed by atoms with Gasteiger partial charge in [-0.25, -0.2) is 15.0 Å². The van der Waals surface area contributed by atoms with E-state index in [0.717, 1.165) is 75.1 Å². The Morgan fingerprint density at radius 2 is 1.67 bits per heavy atom. The number of nitrogens with one attached hydrogen (secondary N) is 4. The van der Waals surface area contributed by atoms with Crippen molar-refractivity contribution in [2.24, 2.45) is 11.8 Å². The van der Waals surface area contributed by atoms with Crippen LogP contribution in [0.2, 0.25) is 0 Å². The van der Waals surface area contributed by atoms with Crippen molar-refractivity contribution < 1.29 is 0 Å². The first-order valence-electron chi connectivity index (χ1n) is 13.0. The summed E-state index contributed by atoms with van der Waals surface area (Å²) in [5.41, 5.74) is 7.81. The lowest BCUT2D eigenvalue weighted by Gasteiger charge is -2.08. The average Bonchev–Trinajstić information content (AvgIpc) is 3.43. The lowest BCUT2D eigenvalue weighted by atomic mass is 10.0. The number of benzene rings is 2. The Morgan fingerprint density at radius 3 is 2.50 bits per heavy atom. The highest BCUT2D eigenvalue weighted by atomic mass is 15.1. The summed E-state index contributed by atoms with van der Waals surface area (Å²) in [5, 5.41) is 7.22. The van der Waals surface area contributed by atoms with E-state index in [1.54, 1.807) is 0 Å². The van der Waals surface area contributed by atoms with Gasteiger partial charge in [-0.05, 0) is 73.0 Å². The maximum absolute atomic E-state index is 4.86. The Hall–Kier alpha value is -3.62. The van der Waals surface area contributed by atoms with Crippen LogP contribution in [0.3, 0.4) is 0 Å². The fraction of sp³-hybridized carbons (Fsp3) is 0.357. The van der Waals surface area contributed by atoms with Crippen molar-refractivity contribution in [1.82, 2.24) is 40.5 Å². The third-order valence-corrected chi connectivity index (χ3v) is 8.13. The summed E-state index contributed by atoms with van der Waals surface area (Å²) >= 11 is 0. The minimum absolute atomic E-state index is 0.285. The van der Waals surface area contributed by atoms with Crippen LogP contribution in [0.4, 0.5) is 0 Å². The first-order chi connectivity index (χ1) is 17.7. The molecule has 8 rings (SSSR count). The number of H-pyrrole nitrogens is 2. The van der Waals surface area contributed by atoms with Crippen LogP contribution in [0.15, 0.2) is 48.8 Å². The molecule has 1 saturated carbocycles. The molecule has 1 unspecified atom stereocenters. The van der Waals surface area contributed by atoms with E-state index in [4.69, 9.17) is 15.0 Å². The second-order valence-electron chi connectivity index (χ2n) is 10.9. The predicted octanol–water partition coefficient (Wildman–Crippen LogP) is 4.66. The molecule has 2 saturated heterocycles. The zero-order valence-electron chi connectivity index (χ0n) is 20.1. The van der Waals surface area contributed by atoms with E-state index in [9.17, 15) is 0 Å². The number of aromatic amines is 2. The lowest BCUT2D eigenvalue weighted by molar-refractivity contribution is 0.544. The van der Waals surface area contributed by atoms with Crippen molar-refractivity contribution in [1.29, 1.82) is 0 Å². The van der Waals surface area contributed by atoms with Gasteiger partial charge in [0.15, 0.2) is 0 Å². The van der Waals surface area contributed by atoms with Gasteiger partial charge in [-0.2, -0.15) is 0 Å². The number of piperidine rings is 1. The number of aromatic nitrogens is 6. The van der Waals surface area contributed by atoms with Gasteiger partial charge in [0.2, 0.25) is 0 Å². The van der Waals surface area contributed by atoms with Crippen LogP contribution in [-0.2, 0) is 0 Å². The number of hydrogen-bond donors (Lipinski definition) is 4. The molecule has 0 spiro atoms. The minimum Gasteiger partial charge on any atom is -0.341 e. The Labute approximate surface area is 208 Å². The maximum Gasteiger partial charge on any atom is 0.124 e. The van der Waals surface area contributed by atoms with E-state index in [2.05, 4.69) is 68.9 Å². The van der Waals surface area contributed by atoms with Gasteiger partial charge in [0.1, 0.15) is 17.3 Å². The molecule has 8 heteroatoms. The maximum atomic E-state index is 4.86. The Kier molecular flexibility index (Phi) is 4.39.